The highest BCUT2D eigenvalue weighted by molar-refractivity contribution is 5.65. The summed E-state index contributed by atoms with van der Waals surface area (Å²) in [5.41, 5.74) is 4.26. The second-order valence-corrected chi connectivity index (χ2v) is 4.24. The molecule has 3 heteroatoms. The molecule has 0 radical (unpaired) electrons. The number of hydrogen-bond donors (Lipinski definition) is 1. The molecule has 0 aromatic carbocycles. The summed E-state index contributed by atoms with van der Waals surface area (Å²) in [6.45, 7) is 9.75. The van der Waals surface area contributed by atoms with E-state index in [1.165, 1.54) is 25.7 Å². The van der Waals surface area contributed by atoms with Crippen LogP contribution in [0.4, 0.5) is 4.79 Å². The van der Waals surface area contributed by atoms with E-state index in [0.29, 0.717) is 0 Å². The molecule has 0 spiro atoms. The quantitative estimate of drug-likeness (QED) is 0.714. The van der Waals surface area contributed by atoms with Gasteiger partial charge in [-0.3, -0.25) is 0 Å². The van der Waals surface area contributed by atoms with Crippen LogP contribution in [0.1, 0.15) is 60.3 Å². The van der Waals surface area contributed by atoms with Gasteiger partial charge in [0, 0.05) is 0 Å². The molecule has 0 fully saturated rings. The Bertz CT molecular complexity index is 135. The van der Waals surface area contributed by atoms with Crippen LogP contribution in [0.25, 0.3) is 0 Å². The molecule has 0 atom stereocenters. The Balaban J connectivity index is 0. The van der Waals surface area contributed by atoms with Gasteiger partial charge in [0.05, 0.1) is 0 Å². The molecule has 0 aromatic heterocycles. The van der Waals surface area contributed by atoms with Crippen LogP contribution in [0.2, 0.25) is 0 Å². The van der Waals surface area contributed by atoms with Crippen molar-refractivity contribution in [2.75, 3.05) is 0 Å². The highest BCUT2D eigenvalue weighted by Gasteiger charge is 2.12. The van der Waals surface area contributed by atoms with Gasteiger partial charge in [0.15, 0.2) is 0 Å². The van der Waals surface area contributed by atoms with Crippen molar-refractivity contribution in [3.05, 3.63) is 0 Å². The van der Waals surface area contributed by atoms with Crippen molar-refractivity contribution >= 4 is 6.09 Å². The number of nitrogens with two attached hydrogens (primary N) is 1. The van der Waals surface area contributed by atoms with E-state index in [1.54, 1.807) is 20.8 Å². The van der Waals surface area contributed by atoms with E-state index in [0.717, 1.165) is 0 Å². The lowest BCUT2D eigenvalue weighted by molar-refractivity contribution is 0.0600. The van der Waals surface area contributed by atoms with Crippen LogP contribution < -0.4 is 5.73 Å². The molecule has 0 aliphatic heterocycles. The van der Waals surface area contributed by atoms with Gasteiger partial charge in [-0.05, 0) is 20.8 Å². The van der Waals surface area contributed by atoms with E-state index in [2.05, 4.69) is 18.6 Å². The molecular formula is C11H25NO2. The third-order valence-corrected chi connectivity index (χ3v) is 1.36. The molecule has 0 saturated heterocycles. The van der Waals surface area contributed by atoms with Crippen LogP contribution >= 0.6 is 0 Å². The fraction of sp³-hybridized carbons (Fsp3) is 0.909. The minimum Gasteiger partial charge on any atom is -0.444 e. The Morgan fingerprint density at radius 2 is 1.50 bits per heavy atom. The van der Waals surface area contributed by atoms with Gasteiger partial charge >= 0.3 is 6.09 Å². The summed E-state index contributed by atoms with van der Waals surface area (Å²) >= 11 is 0. The van der Waals surface area contributed by atoms with E-state index >= 15 is 0 Å². The molecular weight excluding hydrogens is 178 g/mol. The maximum absolute atomic E-state index is 10.0. The molecule has 1 amide bonds. The van der Waals surface area contributed by atoms with Gasteiger partial charge in [-0.1, -0.05) is 39.5 Å². The molecule has 0 rings (SSSR count). The smallest absolute Gasteiger partial charge is 0.405 e. The molecule has 14 heavy (non-hydrogen) atoms. The summed E-state index contributed by atoms with van der Waals surface area (Å²) in [5, 5.41) is 0. The zero-order valence-electron chi connectivity index (χ0n) is 10.2. The van der Waals surface area contributed by atoms with E-state index in [9.17, 15) is 4.79 Å². The Morgan fingerprint density at radius 3 is 1.57 bits per heavy atom. The van der Waals surface area contributed by atoms with Crippen molar-refractivity contribution in [2.45, 2.75) is 65.9 Å². The molecule has 0 heterocycles. The minimum absolute atomic E-state index is 0.453. The van der Waals surface area contributed by atoms with Crippen LogP contribution in [-0.2, 0) is 4.74 Å². The minimum atomic E-state index is -0.725. The van der Waals surface area contributed by atoms with Crippen LogP contribution in [0.15, 0.2) is 0 Å². The Labute approximate surface area is 88.0 Å². The zero-order chi connectivity index (χ0) is 11.6. The number of amides is 1. The highest BCUT2D eigenvalue weighted by Crippen LogP contribution is 2.04. The lowest BCUT2D eigenvalue weighted by atomic mass is 10.2. The fourth-order valence-corrected chi connectivity index (χ4v) is 0.802. The Morgan fingerprint density at radius 1 is 1.14 bits per heavy atom. The molecule has 0 bridgehead atoms. The number of carbonyl (C=O) groups excluding carboxylic acids is 1. The molecule has 86 valence electrons. The average Bonchev–Trinajstić information content (AvgIpc) is 1.97. The molecule has 0 saturated carbocycles. The lowest BCUT2D eigenvalue weighted by Gasteiger charge is -2.16. The summed E-state index contributed by atoms with van der Waals surface area (Å²) in [6, 6.07) is 0. The topological polar surface area (TPSA) is 52.3 Å². The number of primary amides is 1. The summed E-state index contributed by atoms with van der Waals surface area (Å²) < 4.78 is 4.58. The van der Waals surface area contributed by atoms with Crippen molar-refractivity contribution in [3.63, 3.8) is 0 Å². The standard InChI is InChI=1S/C6H14.C5H11NO2/c1-3-5-6-4-2;1-5(2,3)8-4(6)7/h3-6H2,1-2H3;1-3H3,(H2,6,7). The number of unbranched alkanes of at least 4 members (excludes halogenated alkanes) is 3. The monoisotopic (exact) mass is 203 g/mol. The Hall–Kier alpha value is -0.730. The predicted octanol–water partition coefficient (Wildman–Crippen LogP) is 3.47. The van der Waals surface area contributed by atoms with Gasteiger partial charge in [-0.15, -0.1) is 0 Å². The normalized spacial score (nSPS) is 10.1. The van der Waals surface area contributed by atoms with E-state index in [4.69, 9.17) is 5.73 Å². The summed E-state index contributed by atoms with van der Waals surface area (Å²) in [4.78, 5) is 10.0. The van der Waals surface area contributed by atoms with E-state index in [1.807, 2.05) is 0 Å². The first kappa shape index (κ1) is 15.7. The first-order valence-corrected chi connectivity index (χ1v) is 5.32. The second-order valence-electron chi connectivity index (χ2n) is 4.24. The third-order valence-electron chi connectivity index (χ3n) is 1.36. The van der Waals surface area contributed by atoms with Gasteiger partial charge in [0.2, 0.25) is 0 Å². The van der Waals surface area contributed by atoms with Crippen molar-refractivity contribution in [1.82, 2.24) is 0 Å². The van der Waals surface area contributed by atoms with Gasteiger partial charge in [-0.25, -0.2) is 4.79 Å². The van der Waals surface area contributed by atoms with Crippen molar-refractivity contribution in [1.29, 1.82) is 0 Å². The van der Waals surface area contributed by atoms with Crippen LogP contribution in [-0.4, -0.2) is 11.7 Å². The molecule has 0 unspecified atom stereocenters. The molecule has 0 aromatic rings. The second kappa shape index (κ2) is 8.85. The maximum atomic E-state index is 10.0. The number of rotatable bonds is 3. The largest absolute Gasteiger partial charge is 0.444 e. The third kappa shape index (κ3) is 22.5. The lowest BCUT2D eigenvalue weighted by Crippen LogP contribution is -2.27. The number of hydrogen-bond acceptors (Lipinski definition) is 2. The predicted molar refractivity (Wildman–Crippen MR) is 60.2 cm³/mol. The highest BCUT2D eigenvalue weighted by atomic mass is 16.6. The molecule has 3 nitrogen and oxygen atoms in total. The number of ether oxygens (including phenoxy) is 1. The van der Waals surface area contributed by atoms with Crippen molar-refractivity contribution in [2.24, 2.45) is 5.73 Å². The van der Waals surface area contributed by atoms with Crippen molar-refractivity contribution in [3.8, 4) is 0 Å². The van der Waals surface area contributed by atoms with Gasteiger partial charge in [0.1, 0.15) is 5.60 Å². The molecule has 2 N–H and O–H groups in total. The summed E-state index contributed by atoms with van der Waals surface area (Å²) in [6.07, 6.45) is 4.81. The first-order chi connectivity index (χ1) is 6.33. The number of carbonyl (C=O) groups is 1. The Kier molecular flexibility index (Phi) is 9.94. The maximum Gasteiger partial charge on any atom is 0.405 e. The zero-order valence-corrected chi connectivity index (χ0v) is 10.2. The van der Waals surface area contributed by atoms with Gasteiger partial charge < -0.3 is 10.5 Å². The summed E-state index contributed by atoms with van der Waals surface area (Å²) in [5.74, 6) is 0. The summed E-state index contributed by atoms with van der Waals surface area (Å²) in [7, 11) is 0. The van der Waals surface area contributed by atoms with Crippen LogP contribution in [0.5, 0.6) is 0 Å². The van der Waals surface area contributed by atoms with Crippen LogP contribution in [0, 0.1) is 0 Å². The average molecular weight is 203 g/mol. The van der Waals surface area contributed by atoms with Crippen LogP contribution in [0.3, 0.4) is 0 Å². The molecule has 0 aliphatic carbocycles. The van der Waals surface area contributed by atoms with Gasteiger partial charge in [0.25, 0.3) is 0 Å². The van der Waals surface area contributed by atoms with E-state index in [-0.39, 0.29) is 0 Å². The SMILES string of the molecule is CC(C)(C)OC(N)=O.CCCCCC. The van der Waals surface area contributed by atoms with E-state index < -0.39 is 11.7 Å². The molecule has 0 aliphatic rings. The van der Waals surface area contributed by atoms with Crippen molar-refractivity contribution < 1.29 is 9.53 Å². The first-order valence-electron chi connectivity index (χ1n) is 5.32. The van der Waals surface area contributed by atoms with Gasteiger partial charge in [-0.2, -0.15) is 0 Å². The fourth-order valence-electron chi connectivity index (χ4n) is 0.802.